The van der Waals surface area contributed by atoms with Crippen molar-refractivity contribution in [2.45, 2.75) is 104 Å². The number of benzene rings is 5. The molecule has 320 valence electrons. The summed E-state index contributed by atoms with van der Waals surface area (Å²) in [5.74, 6) is -1.94. The standard InChI is InChI=1S/C48H50N6O8/c1-47(2,3)61-45(59)51-19-11-7-9-13-21-53-41(55)31-17-15-29-36-28(26-50)24-34-38-32(18-16-30(40(36)38)35-27(25-49)23-33(43(53)57)37(31)39(29)35)42(56)54(44(34)58)22-14-10-8-12-20-52-46(60)62-48(4,5)6/h15-18,23-24H,7-14,19-22H2,1-6H3,(H,51,59)(H,52,60). The highest BCUT2D eigenvalue weighted by Gasteiger charge is 2.38. The molecule has 2 heterocycles. The summed E-state index contributed by atoms with van der Waals surface area (Å²) >= 11 is 0. The maximum Gasteiger partial charge on any atom is 0.407 e. The Balaban J connectivity index is 1.14. The van der Waals surface area contributed by atoms with Crippen LogP contribution in [0, 0.1) is 22.7 Å². The molecular formula is C48H50N6O8. The average Bonchev–Trinajstić information content (AvgIpc) is 3.20. The molecule has 2 N–H and O–H groups in total. The molecule has 0 saturated heterocycles. The minimum absolute atomic E-state index is 0.169. The molecular weight excluding hydrogens is 789 g/mol. The molecule has 5 aromatic rings. The molecule has 5 aromatic carbocycles. The predicted molar refractivity (Wildman–Crippen MR) is 233 cm³/mol. The fourth-order valence-electron chi connectivity index (χ4n) is 8.66. The number of unbranched alkanes of at least 4 members (excludes halogenated alkanes) is 6. The van der Waals surface area contributed by atoms with Crippen molar-refractivity contribution < 1.29 is 38.2 Å². The van der Waals surface area contributed by atoms with Gasteiger partial charge in [0, 0.05) is 69.6 Å². The van der Waals surface area contributed by atoms with Crippen LogP contribution in [0.25, 0.3) is 43.1 Å². The van der Waals surface area contributed by atoms with E-state index in [2.05, 4.69) is 22.8 Å². The maximum absolute atomic E-state index is 14.2. The highest BCUT2D eigenvalue weighted by atomic mass is 16.6. The quantitative estimate of drug-likeness (QED) is 0.0471. The second-order valence-electron chi connectivity index (χ2n) is 17.9. The Kier molecular flexibility index (Phi) is 11.8. The lowest BCUT2D eigenvalue weighted by Crippen LogP contribution is -2.41. The van der Waals surface area contributed by atoms with Crippen LogP contribution in [0.15, 0.2) is 36.4 Å². The number of hydrogen-bond donors (Lipinski definition) is 2. The summed E-state index contributed by atoms with van der Waals surface area (Å²) < 4.78 is 10.5. The van der Waals surface area contributed by atoms with Crippen LogP contribution in [0.4, 0.5) is 9.59 Å². The molecule has 6 amide bonds. The Hall–Kier alpha value is -6.80. The molecule has 0 saturated carbocycles. The van der Waals surface area contributed by atoms with Gasteiger partial charge in [-0.15, -0.1) is 0 Å². The molecule has 0 aromatic heterocycles. The fraction of sp³-hybridized carbons (Fsp3) is 0.417. The van der Waals surface area contributed by atoms with E-state index in [-0.39, 0.29) is 35.3 Å². The lowest BCUT2D eigenvalue weighted by molar-refractivity contribution is 0.0515. The van der Waals surface area contributed by atoms with Crippen molar-refractivity contribution in [3.63, 3.8) is 0 Å². The molecule has 14 nitrogen and oxygen atoms in total. The minimum atomic E-state index is -0.589. The number of fused-ring (bicyclic) bond motifs is 2. The summed E-state index contributed by atoms with van der Waals surface area (Å²) in [7, 11) is 0. The average molecular weight is 839 g/mol. The van der Waals surface area contributed by atoms with Crippen LogP contribution in [0.5, 0.6) is 0 Å². The van der Waals surface area contributed by atoms with E-state index in [1.165, 1.54) is 21.9 Å². The van der Waals surface area contributed by atoms with Crippen LogP contribution in [0.1, 0.15) is 145 Å². The number of amides is 6. The van der Waals surface area contributed by atoms with Crippen molar-refractivity contribution in [1.29, 1.82) is 10.5 Å². The third-order valence-corrected chi connectivity index (χ3v) is 11.2. The molecule has 14 heteroatoms. The van der Waals surface area contributed by atoms with E-state index >= 15 is 0 Å². The van der Waals surface area contributed by atoms with E-state index < -0.39 is 47.0 Å². The second-order valence-corrected chi connectivity index (χ2v) is 17.9. The van der Waals surface area contributed by atoms with Gasteiger partial charge >= 0.3 is 12.2 Å². The zero-order valence-corrected chi connectivity index (χ0v) is 36.0. The molecule has 0 aliphatic carbocycles. The number of nitrogens with one attached hydrogen (secondary N) is 2. The van der Waals surface area contributed by atoms with Gasteiger partial charge in [-0.2, -0.15) is 10.5 Å². The van der Waals surface area contributed by atoms with E-state index in [1.807, 2.05) is 0 Å². The first-order valence-corrected chi connectivity index (χ1v) is 21.2. The summed E-state index contributed by atoms with van der Waals surface area (Å²) in [5, 5.41) is 30.5. The van der Waals surface area contributed by atoms with Crippen molar-refractivity contribution in [1.82, 2.24) is 20.4 Å². The van der Waals surface area contributed by atoms with Crippen LogP contribution < -0.4 is 10.6 Å². The Morgan fingerprint density at radius 3 is 1.23 bits per heavy atom. The summed E-state index contributed by atoms with van der Waals surface area (Å²) in [6.45, 7) is 12.0. The van der Waals surface area contributed by atoms with Gasteiger partial charge in [0.05, 0.1) is 34.4 Å². The number of imide groups is 2. The normalized spacial score (nSPS) is 13.9. The summed E-state index contributed by atoms with van der Waals surface area (Å²) in [4.78, 5) is 82.8. The summed E-state index contributed by atoms with van der Waals surface area (Å²) in [6, 6.07) is 14.3. The van der Waals surface area contributed by atoms with Gasteiger partial charge in [-0.25, -0.2) is 9.59 Å². The van der Waals surface area contributed by atoms with Gasteiger partial charge in [0.25, 0.3) is 23.6 Å². The molecule has 2 aliphatic rings. The highest BCUT2D eigenvalue weighted by molar-refractivity contribution is 6.42. The van der Waals surface area contributed by atoms with E-state index in [0.717, 1.165) is 12.8 Å². The van der Waals surface area contributed by atoms with Crippen molar-refractivity contribution in [2.24, 2.45) is 0 Å². The Labute approximate surface area is 359 Å². The van der Waals surface area contributed by atoms with Crippen LogP contribution in [0.2, 0.25) is 0 Å². The number of rotatable bonds is 14. The van der Waals surface area contributed by atoms with Gasteiger partial charge in [0.1, 0.15) is 11.2 Å². The zero-order chi connectivity index (χ0) is 44.7. The molecule has 0 radical (unpaired) electrons. The van der Waals surface area contributed by atoms with Crippen molar-refractivity contribution >= 4 is 78.9 Å². The van der Waals surface area contributed by atoms with Gasteiger partial charge in [-0.1, -0.05) is 37.8 Å². The minimum Gasteiger partial charge on any atom is -0.444 e. The molecule has 0 atom stereocenters. The molecule has 0 bridgehead atoms. The molecule has 0 spiro atoms. The molecule has 0 unspecified atom stereocenters. The lowest BCUT2D eigenvalue weighted by atomic mass is 9.79. The number of alkyl carbamates (subject to hydrolysis) is 2. The zero-order valence-electron chi connectivity index (χ0n) is 36.0. The largest absolute Gasteiger partial charge is 0.444 e. The monoisotopic (exact) mass is 838 g/mol. The van der Waals surface area contributed by atoms with Gasteiger partial charge in [0.2, 0.25) is 0 Å². The summed E-state index contributed by atoms with van der Waals surface area (Å²) in [5.41, 5.74) is 0.233. The Bertz CT molecular complexity index is 2590. The topological polar surface area (TPSA) is 199 Å². The fourth-order valence-corrected chi connectivity index (χ4v) is 8.66. The van der Waals surface area contributed by atoms with E-state index in [0.29, 0.717) is 106 Å². The lowest BCUT2D eigenvalue weighted by Gasteiger charge is -2.30. The number of carbonyl (C=O) groups excluding carboxylic acids is 6. The van der Waals surface area contributed by atoms with Crippen LogP contribution in [-0.4, -0.2) is 83.0 Å². The predicted octanol–water partition coefficient (Wildman–Crippen LogP) is 8.84. The van der Waals surface area contributed by atoms with Crippen LogP contribution in [-0.2, 0) is 9.47 Å². The summed E-state index contributed by atoms with van der Waals surface area (Å²) in [6.07, 6.45) is 4.44. The smallest absolute Gasteiger partial charge is 0.407 e. The third kappa shape index (κ3) is 8.17. The number of nitrogens with zero attached hydrogens (tertiary/aromatic N) is 4. The van der Waals surface area contributed by atoms with Gasteiger partial charge in [0.15, 0.2) is 0 Å². The van der Waals surface area contributed by atoms with Crippen LogP contribution in [0.3, 0.4) is 0 Å². The number of ether oxygens (including phenoxy) is 2. The number of hydrogen-bond acceptors (Lipinski definition) is 10. The molecule has 0 fully saturated rings. The molecule has 2 aliphatic heterocycles. The van der Waals surface area contributed by atoms with Gasteiger partial charge in [-0.3, -0.25) is 29.0 Å². The number of carbonyl (C=O) groups is 6. The van der Waals surface area contributed by atoms with Crippen molar-refractivity contribution in [3.8, 4) is 12.1 Å². The first kappa shape index (κ1) is 43.3. The Morgan fingerprint density at radius 1 is 0.516 bits per heavy atom. The van der Waals surface area contributed by atoms with E-state index in [1.54, 1.807) is 65.8 Å². The van der Waals surface area contributed by atoms with Crippen molar-refractivity contribution in [3.05, 3.63) is 69.8 Å². The maximum atomic E-state index is 14.2. The third-order valence-electron chi connectivity index (χ3n) is 11.2. The molecule has 62 heavy (non-hydrogen) atoms. The first-order chi connectivity index (χ1) is 29.5. The van der Waals surface area contributed by atoms with Gasteiger partial charge in [-0.05, 0) is 102 Å². The van der Waals surface area contributed by atoms with Crippen molar-refractivity contribution in [2.75, 3.05) is 26.2 Å². The van der Waals surface area contributed by atoms with Crippen LogP contribution >= 0.6 is 0 Å². The van der Waals surface area contributed by atoms with E-state index in [9.17, 15) is 39.3 Å². The first-order valence-electron chi connectivity index (χ1n) is 21.2. The SMILES string of the molecule is CC(C)(C)OC(=O)NCCCCCCN1C(=O)c2ccc3c4c(C#N)cc5c6c(ccc(c7c(C#N)cc(c2c37)C1=O)c64)C(=O)N(CCCCCCNC(=O)OC(C)(C)C)C5=O. The van der Waals surface area contributed by atoms with Gasteiger partial charge < -0.3 is 20.1 Å². The highest BCUT2D eigenvalue weighted by Crippen LogP contribution is 2.48. The second kappa shape index (κ2) is 16.9. The van der Waals surface area contributed by atoms with E-state index in [4.69, 9.17) is 9.47 Å². The Morgan fingerprint density at radius 2 is 0.871 bits per heavy atom. The molecule has 7 rings (SSSR count). The number of nitriles is 2.